The lowest BCUT2D eigenvalue weighted by Crippen LogP contribution is -2.41. The van der Waals surface area contributed by atoms with Crippen molar-refractivity contribution in [1.82, 2.24) is 20.8 Å². The van der Waals surface area contributed by atoms with Crippen LogP contribution in [0.25, 0.3) is 11.5 Å². The lowest BCUT2D eigenvalue weighted by molar-refractivity contribution is -0.119. The second-order valence-corrected chi connectivity index (χ2v) is 5.50. The molecule has 0 aliphatic carbocycles. The number of thioether (sulfide) groups is 1. The van der Waals surface area contributed by atoms with Gasteiger partial charge in [-0.15, -0.1) is 10.2 Å². The molecule has 1 aromatic heterocycles. The van der Waals surface area contributed by atoms with Crippen LogP contribution in [0, 0.1) is 5.82 Å². The van der Waals surface area contributed by atoms with Crippen molar-refractivity contribution in [3.8, 4) is 11.5 Å². The minimum absolute atomic E-state index is 0.180. The Labute approximate surface area is 129 Å². The maximum absolute atomic E-state index is 12.9. The minimum atomic E-state index is -0.598. The molecule has 0 radical (unpaired) electrons. The first kappa shape index (κ1) is 16.0. The van der Waals surface area contributed by atoms with Crippen LogP contribution in [0.2, 0.25) is 0 Å². The van der Waals surface area contributed by atoms with Crippen LogP contribution < -0.4 is 10.6 Å². The van der Waals surface area contributed by atoms with E-state index in [0.29, 0.717) is 5.56 Å². The van der Waals surface area contributed by atoms with Crippen LogP contribution in [-0.4, -0.2) is 34.4 Å². The van der Waals surface area contributed by atoms with Gasteiger partial charge in [0.05, 0.1) is 5.25 Å². The van der Waals surface area contributed by atoms with E-state index in [0.717, 1.165) is 11.8 Å². The van der Waals surface area contributed by atoms with Crippen molar-refractivity contribution in [1.29, 1.82) is 0 Å². The van der Waals surface area contributed by atoms with Crippen LogP contribution in [0.1, 0.15) is 6.92 Å². The Morgan fingerprint density at radius 2 is 1.95 bits per heavy atom. The molecule has 0 saturated heterocycles. The first-order chi connectivity index (χ1) is 10.5. The van der Waals surface area contributed by atoms with E-state index in [1.165, 1.54) is 31.3 Å². The van der Waals surface area contributed by atoms with Crippen molar-refractivity contribution >= 4 is 23.7 Å². The van der Waals surface area contributed by atoms with Crippen LogP contribution in [-0.2, 0) is 4.79 Å². The van der Waals surface area contributed by atoms with Crippen molar-refractivity contribution in [2.24, 2.45) is 0 Å². The molecule has 1 heterocycles. The van der Waals surface area contributed by atoms with Gasteiger partial charge in [-0.2, -0.15) is 0 Å². The molecule has 116 valence electrons. The van der Waals surface area contributed by atoms with Gasteiger partial charge >= 0.3 is 6.03 Å². The SMILES string of the molecule is CNC(=O)NC(=O)C(C)Sc1nnc(-c2ccc(F)cc2)o1. The predicted octanol–water partition coefficient (Wildman–Crippen LogP) is 1.81. The van der Waals surface area contributed by atoms with E-state index in [2.05, 4.69) is 20.8 Å². The van der Waals surface area contributed by atoms with Gasteiger partial charge < -0.3 is 9.73 Å². The second kappa shape index (κ2) is 7.03. The summed E-state index contributed by atoms with van der Waals surface area (Å²) in [6.07, 6.45) is 0. The van der Waals surface area contributed by atoms with E-state index < -0.39 is 17.2 Å². The number of nitrogens with zero attached hydrogens (tertiary/aromatic N) is 2. The predicted molar refractivity (Wildman–Crippen MR) is 77.6 cm³/mol. The van der Waals surface area contributed by atoms with Crippen molar-refractivity contribution in [3.05, 3.63) is 30.1 Å². The van der Waals surface area contributed by atoms with Crippen molar-refractivity contribution < 1.29 is 18.4 Å². The molecule has 7 nitrogen and oxygen atoms in total. The normalized spacial score (nSPS) is 11.8. The number of benzene rings is 1. The molecule has 1 atom stereocenters. The summed E-state index contributed by atoms with van der Waals surface area (Å²) in [5.41, 5.74) is 0.572. The van der Waals surface area contributed by atoms with Gasteiger partial charge in [0.2, 0.25) is 11.8 Å². The number of aromatic nitrogens is 2. The minimum Gasteiger partial charge on any atom is -0.411 e. The van der Waals surface area contributed by atoms with E-state index in [4.69, 9.17) is 4.42 Å². The lowest BCUT2D eigenvalue weighted by Gasteiger charge is -2.07. The molecule has 22 heavy (non-hydrogen) atoms. The van der Waals surface area contributed by atoms with Gasteiger partial charge in [0.1, 0.15) is 5.82 Å². The summed E-state index contributed by atoms with van der Waals surface area (Å²) in [6, 6.07) is 5.00. The third-order valence-electron chi connectivity index (χ3n) is 2.61. The van der Waals surface area contributed by atoms with Gasteiger partial charge in [-0.25, -0.2) is 9.18 Å². The zero-order chi connectivity index (χ0) is 16.1. The lowest BCUT2D eigenvalue weighted by atomic mass is 10.2. The van der Waals surface area contributed by atoms with Gasteiger partial charge in [0.25, 0.3) is 5.22 Å². The van der Waals surface area contributed by atoms with Crippen molar-refractivity contribution in [2.45, 2.75) is 17.4 Å². The molecule has 0 aliphatic heterocycles. The van der Waals surface area contributed by atoms with Gasteiger partial charge in [-0.05, 0) is 31.2 Å². The number of urea groups is 1. The van der Waals surface area contributed by atoms with E-state index in [1.54, 1.807) is 6.92 Å². The largest absolute Gasteiger partial charge is 0.411 e. The highest BCUT2D eigenvalue weighted by molar-refractivity contribution is 8.00. The Kier molecular flexibility index (Phi) is 5.10. The molecule has 2 N–H and O–H groups in total. The third-order valence-corrected chi connectivity index (χ3v) is 3.54. The van der Waals surface area contributed by atoms with Crippen LogP contribution >= 0.6 is 11.8 Å². The summed E-state index contributed by atoms with van der Waals surface area (Å²) in [6.45, 7) is 1.60. The fourth-order valence-corrected chi connectivity index (χ4v) is 2.13. The maximum Gasteiger partial charge on any atom is 0.321 e. The molecule has 2 aromatic rings. The van der Waals surface area contributed by atoms with Crippen LogP contribution in [0.5, 0.6) is 0 Å². The van der Waals surface area contributed by atoms with E-state index in [-0.39, 0.29) is 16.9 Å². The molecular weight excluding hydrogens is 311 g/mol. The molecule has 0 spiro atoms. The summed E-state index contributed by atoms with van der Waals surface area (Å²) in [5, 5.41) is 11.7. The number of imide groups is 1. The number of hydrogen-bond acceptors (Lipinski definition) is 6. The number of carbonyl (C=O) groups excluding carboxylic acids is 2. The number of amides is 3. The van der Waals surface area contributed by atoms with Crippen LogP contribution in [0.3, 0.4) is 0 Å². The highest BCUT2D eigenvalue weighted by atomic mass is 32.2. The van der Waals surface area contributed by atoms with E-state index in [1.807, 2.05) is 0 Å². The van der Waals surface area contributed by atoms with E-state index in [9.17, 15) is 14.0 Å². The third kappa shape index (κ3) is 4.04. The molecule has 1 aromatic carbocycles. The summed E-state index contributed by atoms with van der Waals surface area (Å²) in [5.74, 6) is -0.621. The smallest absolute Gasteiger partial charge is 0.321 e. The van der Waals surface area contributed by atoms with Crippen LogP contribution in [0.15, 0.2) is 33.9 Å². The van der Waals surface area contributed by atoms with Crippen molar-refractivity contribution in [2.75, 3.05) is 7.05 Å². The van der Waals surface area contributed by atoms with Gasteiger partial charge in [-0.3, -0.25) is 10.1 Å². The number of halogens is 1. The fourth-order valence-electron chi connectivity index (χ4n) is 1.45. The molecule has 2 rings (SSSR count). The maximum atomic E-state index is 12.9. The number of carbonyl (C=O) groups is 2. The topological polar surface area (TPSA) is 97.1 Å². The molecule has 0 aliphatic rings. The van der Waals surface area contributed by atoms with Gasteiger partial charge in [0, 0.05) is 12.6 Å². The van der Waals surface area contributed by atoms with Crippen molar-refractivity contribution in [3.63, 3.8) is 0 Å². The first-order valence-corrected chi connectivity index (χ1v) is 7.16. The summed E-state index contributed by atoms with van der Waals surface area (Å²) >= 11 is 1.02. The number of nitrogens with one attached hydrogen (secondary N) is 2. The Bertz CT molecular complexity index is 674. The second-order valence-electron chi connectivity index (χ2n) is 4.21. The Morgan fingerprint density at radius 1 is 1.27 bits per heavy atom. The van der Waals surface area contributed by atoms with Crippen LogP contribution in [0.4, 0.5) is 9.18 Å². The Balaban J connectivity index is 2.01. The standard InChI is InChI=1S/C13H13FN4O3S/c1-7(10(19)16-12(20)15-2)22-13-18-17-11(21-13)8-3-5-9(14)6-4-8/h3-7H,1-2H3,(H2,15,16,19,20). The Hall–Kier alpha value is -2.42. The average Bonchev–Trinajstić information content (AvgIpc) is 2.96. The zero-order valence-electron chi connectivity index (χ0n) is 11.8. The monoisotopic (exact) mass is 324 g/mol. The quantitative estimate of drug-likeness (QED) is 0.833. The molecule has 1 unspecified atom stereocenters. The number of hydrogen-bond donors (Lipinski definition) is 2. The Morgan fingerprint density at radius 3 is 2.59 bits per heavy atom. The molecule has 0 bridgehead atoms. The average molecular weight is 324 g/mol. The highest BCUT2D eigenvalue weighted by Crippen LogP contribution is 2.26. The molecule has 0 fully saturated rings. The van der Waals surface area contributed by atoms with Gasteiger partial charge in [-0.1, -0.05) is 11.8 Å². The van der Waals surface area contributed by atoms with Gasteiger partial charge in [0.15, 0.2) is 0 Å². The molecular formula is C13H13FN4O3S. The molecule has 0 saturated carbocycles. The fraction of sp³-hybridized carbons (Fsp3) is 0.231. The zero-order valence-corrected chi connectivity index (χ0v) is 12.6. The summed E-state index contributed by atoms with van der Waals surface area (Å²) in [7, 11) is 1.41. The molecule has 9 heteroatoms. The summed E-state index contributed by atoms with van der Waals surface area (Å²) in [4.78, 5) is 22.8. The summed E-state index contributed by atoms with van der Waals surface area (Å²) < 4.78 is 18.3. The number of rotatable bonds is 4. The molecule has 3 amide bonds. The highest BCUT2D eigenvalue weighted by Gasteiger charge is 2.20. The first-order valence-electron chi connectivity index (χ1n) is 6.28. The van der Waals surface area contributed by atoms with E-state index >= 15 is 0 Å².